The van der Waals surface area contributed by atoms with Crippen LogP contribution in [-0.4, -0.2) is 46.2 Å². The summed E-state index contributed by atoms with van der Waals surface area (Å²) in [6, 6.07) is 7.24. The summed E-state index contributed by atoms with van der Waals surface area (Å²) in [5, 5.41) is 11.1. The van der Waals surface area contributed by atoms with Crippen LogP contribution < -0.4 is 4.74 Å². The van der Waals surface area contributed by atoms with E-state index >= 15 is 0 Å². The number of rotatable bonds is 3. The highest BCUT2D eigenvalue weighted by Crippen LogP contribution is 2.39. The number of hydrogen-bond donors (Lipinski definition) is 1. The van der Waals surface area contributed by atoms with Gasteiger partial charge in [0.2, 0.25) is 0 Å². The van der Waals surface area contributed by atoms with Crippen LogP contribution in [0.15, 0.2) is 29.8 Å². The molecule has 1 aromatic carbocycles. The highest BCUT2D eigenvalue weighted by atomic mass is 35.5. The number of carbonyl (C=O) groups is 1. The Bertz CT molecular complexity index is 812. The quantitative estimate of drug-likeness (QED) is 0.869. The molecule has 0 unspecified atom stereocenters. The number of ether oxygens (including phenoxy) is 1. The number of carbonyl (C=O) groups excluding carboxylic acids is 1. The van der Waals surface area contributed by atoms with Crippen LogP contribution in [0.3, 0.4) is 0 Å². The van der Waals surface area contributed by atoms with Crippen molar-refractivity contribution in [1.82, 2.24) is 9.88 Å². The van der Waals surface area contributed by atoms with Crippen LogP contribution in [0, 0.1) is 18.8 Å². The summed E-state index contributed by atoms with van der Waals surface area (Å²) in [5.41, 5.74) is 2.50. The number of benzene rings is 1. The molecule has 1 N–H and O–H groups in total. The van der Waals surface area contributed by atoms with Gasteiger partial charge in [0.1, 0.15) is 16.7 Å². The predicted molar refractivity (Wildman–Crippen MR) is 101 cm³/mol. The van der Waals surface area contributed by atoms with Gasteiger partial charge in [-0.15, -0.1) is 11.3 Å². The Hall–Kier alpha value is -1.63. The SMILES string of the molecule is Cc1ncsc1C(=O)N1C[C@H]2C[C@@H](Oc3cccc(Cl)c3)[C@H](O)C[C@H]2C1. The second kappa shape index (κ2) is 7.18. The summed E-state index contributed by atoms with van der Waals surface area (Å²) in [4.78, 5) is 19.6. The molecule has 2 aliphatic rings. The standard InChI is InChI=1S/C19H21ClN2O3S/c1-11-18(26-10-21-11)19(24)22-8-12-5-16(23)17(6-13(12)9-22)25-15-4-2-3-14(20)7-15/h2-4,7,10,12-13,16-17,23H,5-6,8-9H2,1H3/t12-,13+,16+,17+/m0/s1. The Labute approximate surface area is 161 Å². The molecule has 5 nitrogen and oxygen atoms in total. The smallest absolute Gasteiger partial charge is 0.265 e. The number of fused-ring (bicyclic) bond motifs is 1. The first-order valence-corrected chi connectivity index (χ1v) is 10.1. The Kier molecular flexibility index (Phi) is 4.90. The maximum atomic E-state index is 12.8. The molecule has 7 heteroatoms. The third kappa shape index (κ3) is 3.46. The Morgan fingerprint density at radius 1 is 1.35 bits per heavy atom. The van der Waals surface area contributed by atoms with Gasteiger partial charge < -0.3 is 14.7 Å². The first-order valence-electron chi connectivity index (χ1n) is 8.81. The molecule has 1 amide bonds. The summed E-state index contributed by atoms with van der Waals surface area (Å²) < 4.78 is 6.00. The Morgan fingerprint density at radius 3 is 2.81 bits per heavy atom. The van der Waals surface area contributed by atoms with Crippen molar-refractivity contribution in [2.75, 3.05) is 13.1 Å². The Balaban J connectivity index is 1.43. The van der Waals surface area contributed by atoms with Crippen molar-refractivity contribution in [3.8, 4) is 5.75 Å². The van der Waals surface area contributed by atoms with E-state index in [1.807, 2.05) is 24.0 Å². The third-order valence-electron chi connectivity index (χ3n) is 5.40. The van der Waals surface area contributed by atoms with E-state index in [-0.39, 0.29) is 12.0 Å². The van der Waals surface area contributed by atoms with E-state index < -0.39 is 6.10 Å². The number of aromatic nitrogens is 1. The van der Waals surface area contributed by atoms with Gasteiger partial charge in [0.25, 0.3) is 5.91 Å². The van der Waals surface area contributed by atoms with Gasteiger partial charge in [-0.3, -0.25) is 4.79 Å². The zero-order chi connectivity index (χ0) is 18.3. The maximum Gasteiger partial charge on any atom is 0.265 e. The van der Waals surface area contributed by atoms with Crippen LogP contribution in [0.25, 0.3) is 0 Å². The van der Waals surface area contributed by atoms with Crippen molar-refractivity contribution >= 4 is 28.8 Å². The molecule has 1 saturated carbocycles. The number of amides is 1. The number of aliphatic hydroxyl groups is 1. The first kappa shape index (κ1) is 17.8. The molecule has 1 aliphatic carbocycles. The van der Waals surface area contributed by atoms with Gasteiger partial charge in [0.05, 0.1) is 17.3 Å². The number of aryl methyl sites for hydroxylation is 1. The molecule has 4 atom stereocenters. The van der Waals surface area contributed by atoms with Crippen molar-refractivity contribution in [2.45, 2.75) is 32.0 Å². The molecule has 2 fully saturated rings. The molecule has 0 radical (unpaired) electrons. The molecule has 1 aliphatic heterocycles. The molecule has 4 rings (SSSR count). The number of aliphatic hydroxyl groups excluding tert-OH is 1. The van der Waals surface area contributed by atoms with Gasteiger partial charge >= 0.3 is 0 Å². The van der Waals surface area contributed by atoms with Crippen molar-refractivity contribution in [2.24, 2.45) is 11.8 Å². The minimum atomic E-state index is -0.532. The molecule has 2 aromatic rings. The van der Waals surface area contributed by atoms with Crippen molar-refractivity contribution in [3.63, 3.8) is 0 Å². The number of hydrogen-bond acceptors (Lipinski definition) is 5. The minimum absolute atomic E-state index is 0.0567. The van der Waals surface area contributed by atoms with Gasteiger partial charge in [-0.25, -0.2) is 4.98 Å². The van der Waals surface area contributed by atoms with Crippen molar-refractivity contribution < 1.29 is 14.6 Å². The predicted octanol–water partition coefficient (Wildman–Crippen LogP) is 3.40. The fourth-order valence-electron chi connectivity index (χ4n) is 4.05. The highest BCUT2D eigenvalue weighted by molar-refractivity contribution is 7.11. The van der Waals surface area contributed by atoms with Crippen LogP contribution in [-0.2, 0) is 0 Å². The van der Waals surface area contributed by atoms with Gasteiger partial charge in [0.15, 0.2) is 0 Å². The normalized spacial score (nSPS) is 28.0. The lowest BCUT2D eigenvalue weighted by Gasteiger charge is -2.35. The molecule has 26 heavy (non-hydrogen) atoms. The molecule has 1 aromatic heterocycles. The van der Waals surface area contributed by atoms with E-state index in [0.29, 0.717) is 42.1 Å². The molecule has 0 spiro atoms. The average Bonchev–Trinajstić information content (AvgIpc) is 3.20. The molecular weight excluding hydrogens is 372 g/mol. The average molecular weight is 393 g/mol. The topological polar surface area (TPSA) is 62.7 Å². The van der Waals surface area contributed by atoms with Crippen LogP contribution in [0.1, 0.15) is 28.2 Å². The number of halogens is 1. The largest absolute Gasteiger partial charge is 0.488 e. The maximum absolute atomic E-state index is 12.8. The molecule has 0 bridgehead atoms. The van der Waals surface area contributed by atoms with Gasteiger partial charge in [-0.1, -0.05) is 17.7 Å². The summed E-state index contributed by atoms with van der Waals surface area (Å²) >= 11 is 7.41. The number of nitrogens with zero attached hydrogens (tertiary/aromatic N) is 2. The van der Waals surface area contributed by atoms with Crippen LogP contribution in [0.2, 0.25) is 5.02 Å². The van der Waals surface area contributed by atoms with Crippen molar-refractivity contribution in [1.29, 1.82) is 0 Å². The third-order valence-corrected chi connectivity index (χ3v) is 6.55. The van der Waals surface area contributed by atoms with E-state index in [1.165, 1.54) is 11.3 Å². The van der Waals surface area contributed by atoms with Gasteiger partial charge in [-0.2, -0.15) is 0 Å². The van der Waals surface area contributed by atoms with E-state index in [2.05, 4.69) is 4.98 Å². The van der Waals surface area contributed by atoms with E-state index in [0.717, 1.165) is 17.0 Å². The summed E-state index contributed by atoms with van der Waals surface area (Å²) in [6.45, 7) is 3.27. The van der Waals surface area contributed by atoms with Gasteiger partial charge in [0, 0.05) is 18.1 Å². The second-order valence-electron chi connectivity index (χ2n) is 7.15. The molecular formula is C19H21ClN2O3S. The zero-order valence-electron chi connectivity index (χ0n) is 14.5. The second-order valence-corrected chi connectivity index (χ2v) is 8.44. The number of likely N-dealkylation sites (tertiary alicyclic amines) is 1. The molecule has 2 heterocycles. The lowest BCUT2D eigenvalue weighted by atomic mass is 9.78. The highest BCUT2D eigenvalue weighted by Gasteiger charge is 2.44. The lowest BCUT2D eigenvalue weighted by molar-refractivity contribution is -0.0231. The monoisotopic (exact) mass is 392 g/mol. The summed E-state index contributed by atoms with van der Waals surface area (Å²) in [5.74, 6) is 1.40. The van der Waals surface area contributed by atoms with Crippen molar-refractivity contribution in [3.05, 3.63) is 45.4 Å². The summed E-state index contributed by atoms with van der Waals surface area (Å²) in [7, 11) is 0. The molecule has 1 saturated heterocycles. The zero-order valence-corrected chi connectivity index (χ0v) is 16.0. The van der Waals surface area contributed by atoms with Crippen LogP contribution in [0.4, 0.5) is 0 Å². The van der Waals surface area contributed by atoms with E-state index in [1.54, 1.807) is 17.6 Å². The first-order chi connectivity index (χ1) is 12.5. The van der Waals surface area contributed by atoms with Crippen LogP contribution in [0.5, 0.6) is 5.75 Å². The number of thiazole rings is 1. The molecule has 138 valence electrons. The van der Waals surface area contributed by atoms with E-state index in [4.69, 9.17) is 16.3 Å². The fourth-order valence-corrected chi connectivity index (χ4v) is 5.00. The summed E-state index contributed by atoms with van der Waals surface area (Å²) in [6.07, 6.45) is 0.593. The van der Waals surface area contributed by atoms with Crippen LogP contribution >= 0.6 is 22.9 Å². The lowest BCUT2D eigenvalue weighted by Crippen LogP contribution is -2.42. The fraction of sp³-hybridized carbons (Fsp3) is 0.474. The Morgan fingerprint density at radius 2 is 2.12 bits per heavy atom. The minimum Gasteiger partial charge on any atom is -0.488 e. The van der Waals surface area contributed by atoms with Gasteiger partial charge in [-0.05, 0) is 49.8 Å². The van der Waals surface area contributed by atoms with E-state index in [9.17, 15) is 9.90 Å².